The molecule has 0 aliphatic heterocycles. The predicted octanol–water partition coefficient (Wildman–Crippen LogP) is 4.60. The van der Waals surface area contributed by atoms with Crippen molar-refractivity contribution in [3.63, 3.8) is 0 Å². The highest BCUT2D eigenvalue weighted by Crippen LogP contribution is 2.25. The summed E-state index contributed by atoms with van der Waals surface area (Å²) in [5.41, 5.74) is 5.27. The molecule has 0 bridgehead atoms. The zero-order chi connectivity index (χ0) is 14.8. The molecule has 3 rings (SSSR count). The van der Waals surface area contributed by atoms with Crippen molar-refractivity contribution in [3.8, 4) is 0 Å². The Balaban J connectivity index is 1.90. The van der Waals surface area contributed by atoms with Gasteiger partial charge in [-0.3, -0.25) is 4.98 Å². The van der Waals surface area contributed by atoms with E-state index in [1.807, 2.05) is 25.3 Å². The summed E-state index contributed by atoms with van der Waals surface area (Å²) in [6.45, 7) is 4.65. The molecule has 0 spiro atoms. The molecule has 0 aliphatic rings. The highest BCUT2D eigenvalue weighted by atomic mass is 19.1. The molecule has 1 heterocycles. The summed E-state index contributed by atoms with van der Waals surface area (Å²) in [5.74, 6) is -0.193. The van der Waals surface area contributed by atoms with Crippen LogP contribution in [0, 0.1) is 19.7 Å². The number of fused-ring (bicyclic) bond motifs is 1. The zero-order valence-corrected chi connectivity index (χ0v) is 12.2. The van der Waals surface area contributed by atoms with E-state index in [9.17, 15) is 4.39 Å². The fourth-order valence-corrected chi connectivity index (χ4v) is 2.52. The minimum absolute atomic E-state index is 0.193. The molecular formula is C18H17FN2. The van der Waals surface area contributed by atoms with Gasteiger partial charge in [-0.2, -0.15) is 0 Å². The summed E-state index contributed by atoms with van der Waals surface area (Å²) >= 11 is 0. The van der Waals surface area contributed by atoms with Crippen LogP contribution in [0.3, 0.4) is 0 Å². The van der Waals surface area contributed by atoms with Crippen molar-refractivity contribution in [2.75, 3.05) is 5.32 Å². The normalized spacial score (nSPS) is 10.8. The average molecular weight is 280 g/mol. The smallest absolute Gasteiger partial charge is 0.123 e. The minimum atomic E-state index is -0.193. The van der Waals surface area contributed by atoms with Crippen molar-refractivity contribution >= 4 is 16.6 Å². The molecule has 0 amide bonds. The van der Waals surface area contributed by atoms with E-state index in [1.165, 1.54) is 6.07 Å². The highest BCUT2D eigenvalue weighted by molar-refractivity contribution is 5.93. The lowest BCUT2D eigenvalue weighted by molar-refractivity contribution is 0.625. The molecule has 1 N–H and O–H groups in total. The molecule has 21 heavy (non-hydrogen) atoms. The van der Waals surface area contributed by atoms with Crippen molar-refractivity contribution in [2.24, 2.45) is 0 Å². The second kappa shape index (κ2) is 5.52. The Bertz CT molecular complexity index is 796. The fraction of sp³-hybridized carbons (Fsp3) is 0.167. The van der Waals surface area contributed by atoms with E-state index in [1.54, 1.807) is 6.07 Å². The summed E-state index contributed by atoms with van der Waals surface area (Å²) in [6, 6.07) is 13.0. The molecule has 3 aromatic rings. The molecule has 0 atom stereocenters. The lowest BCUT2D eigenvalue weighted by Gasteiger charge is -2.12. The van der Waals surface area contributed by atoms with Gasteiger partial charge in [0.25, 0.3) is 0 Å². The van der Waals surface area contributed by atoms with Crippen LogP contribution in [-0.2, 0) is 6.54 Å². The summed E-state index contributed by atoms with van der Waals surface area (Å²) in [5, 5.41) is 4.54. The number of pyridine rings is 1. The topological polar surface area (TPSA) is 24.9 Å². The highest BCUT2D eigenvalue weighted by Gasteiger charge is 2.05. The first kappa shape index (κ1) is 13.6. The molecule has 0 fully saturated rings. The molecule has 2 nitrogen and oxygen atoms in total. The Morgan fingerprint density at radius 1 is 1.05 bits per heavy atom. The first-order chi connectivity index (χ1) is 10.1. The van der Waals surface area contributed by atoms with Crippen LogP contribution in [-0.4, -0.2) is 4.98 Å². The molecule has 0 aliphatic carbocycles. The maximum absolute atomic E-state index is 13.1. The van der Waals surface area contributed by atoms with E-state index in [2.05, 4.69) is 35.4 Å². The monoisotopic (exact) mass is 280 g/mol. The number of aromatic nitrogens is 1. The number of nitrogens with zero attached hydrogens (tertiary/aromatic N) is 1. The van der Waals surface area contributed by atoms with Crippen LogP contribution in [0.5, 0.6) is 0 Å². The third kappa shape index (κ3) is 2.72. The molecule has 3 heteroatoms. The van der Waals surface area contributed by atoms with E-state index >= 15 is 0 Å². The summed E-state index contributed by atoms with van der Waals surface area (Å²) in [4.78, 5) is 4.44. The van der Waals surface area contributed by atoms with Crippen molar-refractivity contribution in [1.29, 1.82) is 0 Å². The lowest BCUT2D eigenvalue weighted by Crippen LogP contribution is -2.02. The SMILES string of the molecule is Cc1cc(F)ccc1CNc1ccc(C)c2ncccc12. The van der Waals surface area contributed by atoms with Crippen LogP contribution in [0.2, 0.25) is 0 Å². The van der Waals surface area contributed by atoms with Gasteiger partial charge in [-0.1, -0.05) is 12.1 Å². The number of anilines is 1. The molecule has 1 aromatic heterocycles. The summed E-state index contributed by atoms with van der Waals surface area (Å²) in [6.07, 6.45) is 1.81. The number of hydrogen-bond donors (Lipinski definition) is 1. The zero-order valence-electron chi connectivity index (χ0n) is 12.2. The Kier molecular flexibility index (Phi) is 3.57. The Hall–Kier alpha value is -2.42. The molecule has 0 saturated heterocycles. The van der Waals surface area contributed by atoms with Gasteiger partial charge in [0.1, 0.15) is 5.82 Å². The standard InChI is InChI=1S/C18H17FN2/c1-12-5-8-17(16-4-3-9-20-18(12)16)21-11-14-6-7-15(19)10-13(14)2/h3-10,21H,11H2,1-2H3. The first-order valence-corrected chi connectivity index (χ1v) is 6.98. The van der Waals surface area contributed by atoms with Gasteiger partial charge >= 0.3 is 0 Å². The van der Waals surface area contributed by atoms with Crippen LogP contribution in [0.25, 0.3) is 10.9 Å². The number of rotatable bonds is 3. The summed E-state index contributed by atoms with van der Waals surface area (Å²) < 4.78 is 13.1. The third-order valence-electron chi connectivity index (χ3n) is 3.75. The second-order valence-electron chi connectivity index (χ2n) is 5.25. The quantitative estimate of drug-likeness (QED) is 0.758. The maximum Gasteiger partial charge on any atom is 0.123 e. The second-order valence-corrected chi connectivity index (χ2v) is 5.25. The van der Waals surface area contributed by atoms with Crippen LogP contribution < -0.4 is 5.32 Å². The number of nitrogens with one attached hydrogen (secondary N) is 1. The minimum Gasteiger partial charge on any atom is -0.380 e. The van der Waals surface area contributed by atoms with Gasteiger partial charge in [0.2, 0.25) is 0 Å². The van der Waals surface area contributed by atoms with Gasteiger partial charge in [-0.25, -0.2) is 4.39 Å². The van der Waals surface area contributed by atoms with E-state index in [0.717, 1.165) is 33.3 Å². The van der Waals surface area contributed by atoms with Crippen molar-refractivity contribution < 1.29 is 4.39 Å². The third-order valence-corrected chi connectivity index (χ3v) is 3.75. The van der Waals surface area contributed by atoms with Gasteiger partial charge < -0.3 is 5.32 Å². The van der Waals surface area contributed by atoms with Gasteiger partial charge in [0.05, 0.1) is 5.52 Å². The van der Waals surface area contributed by atoms with Crippen molar-refractivity contribution in [3.05, 3.63) is 71.2 Å². The van der Waals surface area contributed by atoms with Crippen molar-refractivity contribution in [2.45, 2.75) is 20.4 Å². The summed E-state index contributed by atoms with van der Waals surface area (Å²) in [7, 11) is 0. The number of hydrogen-bond acceptors (Lipinski definition) is 2. The van der Waals surface area contributed by atoms with Crippen LogP contribution >= 0.6 is 0 Å². The molecule has 106 valence electrons. The maximum atomic E-state index is 13.1. The number of halogens is 1. The molecule has 0 radical (unpaired) electrons. The Labute approximate surface area is 123 Å². The Morgan fingerprint density at radius 3 is 2.71 bits per heavy atom. The van der Waals surface area contributed by atoms with Gasteiger partial charge in [-0.15, -0.1) is 0 Å². The van der Waals surface area contributed by atoms with E-state index in [-0.39, 0.29) is 5.82 Å². The molecule has 0 saturated carbocycles. The first-order valence-electron chi connectivity index (χ1n) is 6.98. The van der Waals surface area contributed by atoms with E-state index in [4.69, 9.17) is 0 Å². The fourth-order valence-electron chi connectivity index (χ4n) is 2.52. The molecular weight excluding hydrogens is 263 g/mol. The number of aryl methyl sites for hydroxylation is 2. The predicted molar refractivity (Wildman–Crippen MR) is 84.9 cm³/mol. The van der Waals surface area contributed by atoms with E-state index in [0.29, 0.717) is 6.54 Å². The van der Waals surface area contributed by atoms with Crippen LogP contribution in [0.4, 0.5) is 10.1 Å². The van der Waals surface area contributed by atoms with E-state index < -0.39 is 0 Å². The largest absolute Gasteiger partial charge is 0.380 e. The molecule has 0 unspecified atom stereocenters. The molecule has 2 aromatic carbocycles. The van der Waals surface area contributed by atoms with Crippen LogP contribution in [0.1, 0.15) is 16.7 Å². The number of benzene rings is 2. The van der Waals surface area contributed by atoms with Crippen LogP contribution in [0.15, 0.2) is 48.7 Å². The Morgan fingerprint density at radius 2 is 1.90 bits per heavy atom. The lowest BCUT2D eigenvalue weighted by atomic mass is 10.1. The average Bonchev–Trinajstić information content (AvgIpc) is 2.48. The van der Waals surface area contributed by atoms with Gasteiger partial charge in [0.15, 0.2) is 0 Å². The van der Waals surface area contributed by atoms with Gasteiger partial charge in [-0.05, 0) is 60.9 Å². The van der Waals surface area contributed by atoms with Gasteiger partial charge in [0, 0.05) is 23.8 Å². The van der Waals surface area contributed by atoms with Crippen molar-refractivity contribution in [1.82, 2.24) is 4.98 Å².